The zero-order valence-corrected chi connectivity index (χ0v) is 28.6. The minimum absolute atomic E-state index is 0.0412. The van der Waals surface area contributed by atoms with Gasteiger partial charge in [0.15, 0.2) is 5.78 Å². The lowest BCUT2D eigenvalue weighted by Gasteiger charge is -2.30. The van der Waals surface area contributed by atoms with Crippen LogP contribution in [0, 0.1) is 26.2 Å². The lowest BCUT2D eigenvalue weighted by molar-refractivity contribution is -0.138. The van der Waals surface area contributed by atoms with Gasteiger partial charge in [0.25, 0.3) is 0 Å². The first kappa shape index (κ1) is 31.5. The summed E-state index contributed by atoms with van der Waals surface area (Å²) in [5.41, 5.74) is 4.30. The average molecular weight is 701 g/mol. The summed E-state index contributed by atoms with van der Waals surface area (Å²) in [7, 11) is 0. The summed E-state index contributed by atoms with van der Waals surface area (Å²) in [5, 5.41) is 11.8. The van der Waals surface area contributed by atoms with Crippen molar-refractivity contribution in [3.8, 4) is 11.1 Å². The molecule has 1 aromatic carbocycles. The molecule has 0 bridgehead atoms. The van der Waals surface area contributed by atoms with Crippen molar-refractivity contribution in [1.29, 1.82) is 0 Å². The molecule has 244 valence electrons. The van der Waals surface area contributed by atoms with Crippen LogP contribution < -0.4 is 10.6 Å². The molecule has 13 heteroatoms. The van der Waals surface area contributed by atoms with Crippen molar-refractivity contribution in [2.75, 3.05) is 38.0 Å². The van der Waals surface area contributed by atoms with E-state index in [9.17, 15) is 14.4 Å². The van der Waals surface area contributed by atoms with Gasteiger partial charge in [-0.2, -0.15) is 5.10 Å². The monoisotopic (exact) mass is 699 g/mol. The average Bonchev–Trinajstić information content (AvgIpc) is 3.43. The highest BCUT2D eigenvalue weighted by molar-refractivity contribution is 9.10. The van der Waals surface area contributed by atoms with Crippen LogP contribution in [-0.4, -0.2) is 96.9 Å². The number of ketones is 1. The van der Waals surface area contributed by atoms with E-state index in [4.69, 9.17) is 0 Å². The molecule has 0 spiro atoms. The topological polar surface area (TPSA) is 138 Å². The van der Waals surface area contributed by atoms with Gasteiger partial charge in [0.2, 0.25) is 11.8 Å². The number of aromatic nitrogens is 5. The second-order valence-corrected chi connectivity index (χ2v) is 14.0. The standard InChI is InChI=1S/C34H38BrN9O3/c1-19-5-6-28(35)39-32(19)40-33(47)26-13-34(18-42-9-7-36-8-10-42)14-27(34)44(26)29(46)17-43-31-20(2)11-23(24-15-37-22(4)38-16-24)12-25(31)30(41-43)21(3)45/h5-6,11-12,15-16,26-27,36H,7-10,13-14,17-18H2,1-4H3,(H,39,40,47)/t26-,27+,34-/m0/s1. The number of hydrogen-bond acceptors (Lipinski definition) is 9. The number of halogens is 1. The van der Waals surface area contributed by atoms with E-state index in [1.54, 1.807) is 22.0 Å². The Morgan fingerprint density at radius 1 is 1.02 bits per heavy atom. The predicted octanol–water partition coefficient (Wildman–Crippen LogP) is 3.68. The summed E-state index contributed by atoms with van der Waals surface area (Å²) in [6.07, 6.45) is 4.97. The number of carbonyl (C=O) groups is 3. The summed E-state index contributed by atoms with van der Waals surface area (Å²) in [6.45, 7) is 11.7. The van der Waals surface area contributed by atoms with Crippen LogP contribution >= 0.6 is 15.9 Å². The Morgan fingerprint density at radius 2 is 1.77 bits per heavy atom. The molecule has 1 saturated carbocycles. The van der Waals surface area contributed by atoms with Crippen molar-refractivity contribution in [2.45, 2.75) is 59.2 Å². The number of anilines is 1. The number of hydrogen-bond donors (Lipinski definition) is 2. The Hall–Kier alpha value is -4.07. The molecule has 2 saturated heterocycles. The van der Waals surface area contributed by atoms with Crippen molar-refractivity contribution >= 4 is 50.2 Å². The molecule has 4 aromatic rings. The van der Waals surface area contributed by atoms with Crippen LogP contribution in [0.1, 0.15) is 47.2 Å². The van der Waals surface area contributed by atoms with Gasteiger partial charge in [0.05, 0.1) is 5.52 Å². The predicted molar refractivity (Wildman–Crippen MR) is 181 cm³/mol. The van der Waals surface area contributed by atoms with E-state index >= 15 is 0 Å². The minimum Gasteiger partial charge on any atom is -0.325 e. The fraction of sp³-hybridized carbons (Fsp3) is 0.441. The summed E-state index contributed by atoms with van der Waals surface area (Å²) in [4.78, 5) is 58.5. The molecule has 5 heterocycles. The van der Waals surface area contributed by atoms with Crippen LogP contribution in [0.25, 0.3) is 22.0 Å². The third-order valence-electron chi connectivity index (χ3n) is 9.83. The zero-order valence-electron chi connectivity index (χ0n) is 27.0. The van der Waals surface area contributed by atoms with Crippen LogP contribution in [0.15, 0.2) is 41.3 Å². The van der Waals surface area contributed by atoms with Crippen molar-refractivity contribution < 1.29 is 14.4 Å². The first-order chi connectivity index (χ1) is 22.5. The molecular weight excluding hydrogens is 662 g/mol. The van der Waals surface area contributed by atoms with E-state index in [1.807, 2.05) is 45.0 Å². The van der Waals surface area contributed by atoms with Gasteiger partial charge in [-0.25, -0.2) is 15.0 Å². The molecular formula is C34H38BrN9O3. The van der Waals surface area contributed by atoms with Crippen molar-refractivity contribution in [2.24, 2.45) is 5.41 Å². The normalized spacial score (nSPS) is 22.4. The van der Waals surface area contributed by atoms with Gasteiger partial charge in [-0.15, -0.1) is 0 Å². The Labute approximate surface area is 281 Å². The highest BCUT2D eigenvalue weighted by atomic mass is 79.9. The van der Waals surface area contributed by atoms with Gasteiger partial charge in [-0.1, -0.05) is 6.07 Å². The van der Waals surface area contributed by atoms with Crippen molar-refractivity contribution in [1.82, 2.24) is 39.8 Å². The molecule has 0 radical (unpaired) electrons. The highest BCUT2D eigenvalue weighted by Gasteiger charge is 2.67. The van der Waals surface area contributed by atoms with E-state index < -0.39 is 6.04 Å². The van der Waals surface area contributed by atoms with Crippen LogP contribution in [0.2, 0.25) is 0 Å². The number of piperidine rings is 1. The molecule has 3 aromatic heterocycles. The SMILES string of the molecule is CC(=O)c1nn(CC(=O)N2[C@H](C(=O)Nc3nc(Br)ccc3C)C[C@@]3(CN4CCNCC4)C[C@@H]23)c2c(C)cc(-c3cnc(C)nc3)cc12. The number of likely N-dealkylation sites (tertiary alicyclic amines) is 1. The highest BCUT2D eigenvalue weighted by Crippen LogP contribution is 2.60. The van der Waals surface area contributed by atoms with Gasteiger partial charge in [0, 0.05) is 74.4 Å². The third kappa shape index (κ3) is 5.96. The molecule has 7 rings (SSSR count). The fourth-order valence-electron chi connectivity index (χ4n) is 7.41. The molecule has 3 aliphatic rings. The van der Waals surface area contributed by atoms with Crippen LogP contribution in [-0.2, 0) is 16.1 Å². The molecule has 2 N–H and O–H groups in total. The molecule has 3 fully saturated rings. The number of nitrogens with zero attached hydrogens (tertiary/aromatic N) is 7. The number of nitrogens with one attached hydrogen (secondary N) is 2. The fourth-order valence-corrected chi connectivity index (χ4v) is 7.72. The number of rotatable bonds is 8. The van der Waals surface area contributed by atoms with E-state index in [1.165, 1.54) is 6.92 Å². The third-order valence-corrected chi connectivity index (χ3v) is 10.3. The molecule has 12 nitrogen and oxygen atoms in total. The van der Waals surface area contributed by atoms with Crippen LogP contribution in [0.5, 0.6) is 0 Å². The molecule has 3 atom stereocenters. The maximum absolute atomic E-state index is 14.4. The number of Topliss-reactive ketones (excluding diaryl/α,β-unsaturated/α-hetero) is 1. The zero-order chi connectivity index (χ0) is 33.0. The van der Waals surface area contributed by atoms with Crippen molar-refractivity contribution in [3.63, 3.8) is 0 Å². The van der Waals surface area contributed by atoms with Gasteiger partial charge in [-0.05, 0) is 84.4 Å². The summed E-state index contributed by atoms with van der Waals surface area (Å²) in [6, 6.07) is 6.95. The first-order valence-corrected chi connectivity index (χ1v) is 16.8. The lowest BCUT2D eigenvalue weighted by Crippen LogP contribution is -2.47. The number of benzene rings is 1. The first-order valence-electron chi connectivity index (χ1n) is 16.0. The largest absolute Gasteiger partial charge is 0.325 e. The van der Waals surface area contributed by atoms with E-state index in [0.717, 1.165) is 66.9 Å². The van der Waals surface area contributed by atoms with E-state index in [0.29, 0.717) is 33.7 Å². The summed E-state index contributed by atoms with van der Waals surface area (Å²) >= 11 is 3.40. The van der Waals surface area contributed by atoms with Crippen LogP contribution in [0.3, 0.4) is 0 Å². The minimum atomic E-state index is -0.646. The van der Waals surface area contributed by atoms with E-state index in [-0.39, 0.29) is 35.6 Å². The smallest absolute Gasteiger partial charge is 0.248 e. The molecule has 2 aliphatic heterocycles. The van der Waals surface area contributed by atoms with E-state index in [2.05, 4.69) is 51.5 Å². The Kier molecular flexibility index (Phi) is 8.17. The maximum atomic E-state index is 14.4. The molecule has 2 amide bonds. The van der Waals surface area contributed by atoms with Crippen molar-refractivity contribution in [3.05, 3.63) is 63.9 Å². The Balaban J connectivity index is 1.21. The molecule has 1 aliphatic carbocycles. The second-order valence-electron chi connectivity index (χ2n) is 13.2. The number of piperazine rings is 1. The van der Waals surface area contributed by atoms with Gasteiger partial charge in [0.1, 0.15) is 34.5 Å². The number of fused-ring (bicyclic) bond motifs is 2. The second kappa shape index (κ2) is 12.2. The quantitative estimate of drug-likeness (QED) is 0.208. The van der Waals surface area contributed by atoms with Gasteiger partial charge in [-0.3, -0.25) is 19.1 Å². The summed E-state index contributed by atoms with van der Waals surface area (Å²) < 4.78 is 2.25. The maximum Gasteiger partial charge on any atom is 0.248 e. The summed E-state index contributed by atoms with van der Waals surface area (Å²) in [5.74, 6) is 0.527. The number of pyridine rings is 1. The molecule has 47 heavy (non-hydrogen) atoms. The van der Waals surface area contributed by atoms with Gasteiger partial charge >= 0.3 is 0 Å². The number of carbonyl (C=O) groups excluding carboxylic acids is 3. The lowest BCUT2D eigenvalue weighted by atomic mass is 9.98. The molecule has 0 unspecified atom stereocenters. The Bertz CT molecular complexity index is 1900. The van der Waals surface area contributed by atoms with Crippen LogP contribution in [0.4, 0.5) is 5.82 Å². The number of amides is 2. The van der Waals surface area contributed by atoms with Gasteiger partial charge < -0.3 is 20.4 Å². The Morgan fingerprint density at radius 3 is 2.49 bits per heavy atom. The number of aryl methyl sites for hydroxylation is 3.